The predicted molar refractivity (Wildman–Crippen MR) is 63.2 cm³/mol. The fourth-order valence-corrected chi connectivity index (χ4v) is 2.24. The van der Waals surface area contributed by atoms with Gasteiger partial charge in [-0.1, -0.05) is 0 Å². The van der Waals surface area contributed by atoms with Crippen molar-refractivity contribution in [3.8, 4) is 0 Å². The van der Waals surface area contributed by atoms with E-state index in [1.54, 1.807) is 0 Å². The summed E-state index contributed by atoms with van der Waals surface area (Å²) in [5.41, 5.74) is 2.68. The molecule has 0 fully saturated rings. The third-order valence-corrected chi connectivity index (χ3v) is 3.44. The number of fused-ring (bicyclic) bond motifs is 1. The monoisotopic (exact) mass is 211 g/mol. The number of anilines is 1. The zero-order valence-electron chi connectivity index (χ0n) is 7.57. The molecule has 0 radical (unpaired) electrons. The second-order valence-electron chi connectivity index (χ2n) is 3.44. The van der Waals surface area contributed by atoms with Gasteiger partial charge >= 0.3 is 0 Å². The summed E-state index contributed by atoms with van der Waals surface area (Å²) in [6.07, 6.45) is 2.23. The van der Waals surface area contributed by atoms with Crippen molar-refractivity contribution in [2.45, 2.75) is 23.1 Å². The second-order valence-corrected chi connectivity index (χ2v) is 4.56. The molecule has 0 aliphatic carbocycles. The highest BCUT2D eigenvalue weighted by Crippen LogP contribution is 2.31. The fraction of sp³-hybridized carbons (Fsp3) is 0.400. The van der Waals surface area contributed by atoms with Gasteiger partial charge in [0, 0.05) is 17.6 Å². The third kappa shape index (κ3) is 1.67. The maximum atomic E-state index is 4.51. The predicted octanol–water partition coefficient (Wildman–Crippen LogP) is 2.61. The van der Waals surface area contributed by atoms with Crippen molar-refractivity contribution in [1.82, 2.24) is 0 Å². The summed E-state index contributed by atoms with van der Waals surface area (Å²) in [6.45, 7) is 0. The third-order valence-electron chi connectivity index (χ3n) is 2.56. The maximum absolute atomic E-state index is 4.51. The normalized spacial score (nSPS) is 21.5. The molecule has 3 heteroatoms. The van der Waals surface area contributed by atoms with Gasteiger partial charge in [0.2, 0.25) is 0 Å². The van der Waals surface area contributed by atoms with Gasteiger partial charge in [-0.25, -0.2) is 0 Å². The minimum Gasteiger partial charge on any atom is -0.363 e. The summed E-state index contributed by atoms with van der Waals surface area (Å²) in [4.78, 5) is 3.26. The Kier molecular flexibility index (Phi) is 2.47. The summed E-state index contributed by atoms with van der Waals surface area (Å²) >= 11 is 8.85. The van der Waals surface area contributed by atoms with Crippen LogP contribution < -0.4 is 4.90 Å². The molecule has 1 atom stereocenters. The molecular weight excluding hydrogens is 198 g/mol. The Bertz CT molecular complexity index is 325. The van der Waals surface area contributed by atoms with Crippen LogP contribution in [0.5, 0.6) is 0 Å². The van der Waals surface area contributed by atoms with Crippen LogP contribution in [0.4, 0.5) is 5.69 Å². The van der Waals surface area contributed by atoms with Crippen LogP contribution in [-0.2, 0) is 6.42 Å². The molecule has 1 aromatic rings. The van der Waals surface area contributed by atoms with Crippen molar-refractivity contribution in [2.24, 2.45) is 0 Å². The van der Waals surface area contributed by atoms with Gasteiger partial charge in [-0.15, -0.1) is 12.6 Å². The summed E-state index contributed by atoms with van der Waals surface area (Å²) in [6, 6.07) is 6.30. The number of thiol groups is 2. The molecule has 1 aromatic carbocycles. The lowest BCUT2D eigenvalue weighted by Crippen LogP contribution is -2.31. The van der Waals surface area contributed by atoms with Gasteiger partial charge in [0.05, 0.1) is 5.37 Å². The molecule has 0 spiro atoms. The van der Waals surface area contributed by atoms with Crippen LogP contribution in [0.2, 0.25) is 0 Å². The van der Waals surface area contributed by atoms with Gasteiger partial charge in [-0.3, -0.25) is 0 Å². The highest BCUT2D eigenvalue weighted by atomic mass is 32.1. The van der Waals surface area contributed by atoms with E-state index in [0.717, 1.165) is 17.7 Å². The van der Waals surface area contributed by atoms with Crippen LogP contribution in [-0.4, -0.2) is 12.4 Å². The van der Waals surface area contributed by atoms with E-state index in [4.69, 9.17) is 0 Å². The molecule has 2 rings (SSSR count). The molecular formula is C10H13NS2. The first-order valence-corrected chi connectivity index (χ1v) is 5.37. The van der Waals surface area contributed by atoms with E-state index in [1.807, 2.05) is 6.07 Å². The summed E-state index contributed by atoms with van der Waals surface area (Å²) in [5, 5.41) is 0.360. The minimum absolute atomic E-state index is 0.360. The van der Waals surface area contributed by atoms with E-state index in [0.29, 0.717) is 5.37 Å². The van der Waals surface area contributed by atoms with Crippen molar-refractivity contribution in [3.05, 3.63) is 23.8 Å². The van der Waals surface area contributed by atoms with Crippen molar-refractivity contribution in [1.29, 1.82) is 0 Å². The van der Waals surface area contributed by atoms with Gasteiger partial charge in [0.25, 0.3) is 0 Å². The molecule has 1 aliphatic rings. The van der Waals surface area contributed by atoms with E-state index in [2.05, 4.69) is 49.3 Å². The number of hydrogen-bond acceptors (Lipinski definition) is 3. The molecule has 70 valence electrons. The maximum Gasteiger partial charge on any atom is 0.0721 e. The SMILES string of the molecule is CN1c2ccc(S)cc2CCC1S. The van der Waals surface area contributed by atoms with E-state index >= 15 is 0 Å². The molecule has 1 unspecified atom stereocenters. The zero-order valence-corrected chi connectivity index (χ0v) is 9.35. The largest absolute Gasteiger partial charge is 0.363 e. The van der Waals surface area contributed by atoms with Crippen molar-refractivity contribution in [3.63, 3.8) is 0 Å². The Hall–Kier alpha value is -0.280. The van der Waals surface area contributed by atoms with Crippen LogP contribution in [0.15, 0.2) is 23.1 Å². The minimum atomic E-state index is 0.360. The first kappa shape index (κ1) is 9.28. The topological polar surface area (TPSA) is 3.24 Å². The lowest BCUT2D eigenvalue weighted by atomic mass is 10.0. The summed E-state index contributed by atoms with van der Waals surface area (Å²) < 4.78 is 0. The molecule has 0 amide bonds. The first-order chi connectivity index (χ1) is 6.18. The Balaban J connectivity index is 2.44. The molecule has 13 heavy (non-hydrogen) atoms. The highest BCUT2D eigenvalue weighted by Gasteiger charge is 2.19. The van der Waals surface area contributed by atoms with Gasteiger partial charge in [0.1, 0.15) is 0 Å². The first-order valence-electron chi connectivity index (χ1n) is 4.41. The quantitative estimate of drug-likeness (QED) is 0.624. The molecule has 0 aromatic heterocycles. The van der Waals surface area contributed by atoms with Crippen LogP contribution in [0.1, 0.15) is 12.0 Å². The van der Waals surface area contributed by atoms with Gasteiger partial charge < -0.3 is 4.90 Å². The molecule has 1 aliphatic heterocycles. The van der Waals surface area contributed by atoms with Gasteiger partial charge in [-0.2, -0.15) is 12.6 Å². The summed E-state index contributed by atoms with van der Waals surface area (Å²) in [5.74, 6) is 0. The lowest BCUT2D eigenvalue weighted by molar-refractivity contribution is 0.704. The lowest BCUT2D eigenvalue weighted by Gasteiger charge is -2.33. The van der Waals surface area contributed by atoms with Crippen LogP contribution >= 0.6 is 25.3 Å². The number of hydrogen-bond donors (Lipinski definition) is 2. The highest BCUT2D eigenvalue weighted by molar-refractivity contribution is 7.81. The molecule has 1 heterocycles. The molecule has 0 saturated carbocycles. The van der Waals surface area contributed by atoms with E-state index < -0.39 is 0 Å². The van der Waals surface area contributed by atoms with E-state index in [-0.39, 0.29) is 0 Å². The van der Waals surface area contributed by atoms with Crippen LogP contribution in [0.3, 0.4) is 0 Å². The van der Waals surface area contributed by atoms with Gasteiger partial charge in [0.15, 0.2) is 0 Å². The standard InChI is InChI=1S/C10H13NS2/c1-11-9-4-3-8(12)6-7(9)2-5-10(11)13/h3-4,6,10,12-13H,2,5H2,1H3. The van der Waals surface area contributed by atoms with Crippen molar-refractivity contribution >= 4 is 30.9 Å². The van der Waals surface area contributed by atoms with Crippen LogP contribution in [0.25, 0.3) is 0 Å². The average molecular weight is 211 g/mol. The number of nitrogens with zero attached hydrogens (tertiary/aromatic N) is 1. The second kappa shape index (κ2) is 3.46. The Morgan fingerprint density at radius 1 is 1.46 bits per heavy atom. The molecule has 0 N–H and O–H groups in total. The number of rotatable bonds is 0. The van der Waals surface area contributed by atoms with Crippen molar-refractivity contribution < 1.29 is 0 Å². The van der Waals surface area contributed by atoms with Crippen molar-refractivity contribution in [2.75, 3.05) is 11.9 Å². The molecule has 0 saturated heterocycles. The zero-order chi connectivity index (χ0) is 9.42. The van der Waals surface area contributed by atoms with Gasteiger partial charge in [-0.05, 0) is 36.6 Å². The average Bonchev–Trinajstić information content (AvgIpc) is 2.12. The Morgan fingerprint density at radius 2 is 2.23 bits per heavy atom. The Morgan fingerprint density at radius 3 is 3.00 bits per heavy atom. The van der Waals surface area contributed by atoms with E-state index in [9.17, 15) is 0 Å². The van der Waals surface area contributed by atoms with Crippen LogP contribution in [0, 0.1) is 0 Å². The molecule has 1 nitrogen and oxygen atoms in total. The molecule has 0 bridgehead atoms. The Labute approximate surface area is 90.0 Å². The fourth-order valence-electron chi connectivity index (χ4n) is 1.76. The summed E-state index contributed by atoms with van der Waals surface area (Å²) in [7, 11) is 2.09. The number of aryl methyl sites for hydroxylation is 1. The van der Waals surface area contributed by atoms with E-state index in [1.165, 1.54) is 11.3 Å². The smallest absolute Gasteiger partial charge is 0.0721 e. The number of benzene rings is 1.